The summed E-state index contributed by atoms with van der Waals surface area (Å²) in [5.74, 6) is 0.501. The normalized spacial score (nSPS) is 22.9. The van der Waals surface area contributed by atoms with Gasteiger partial charge in [-0.05, 0) is 26.2 Å². The molecule has 0 radical (unpaired) electrons. The third-order valence-corrected chi connectivity index (χ3v) is 7.66. The molecule has 1 N–H and O–H groups in total. The van der Waals surface area contributed by atoms with Crippen molar-refractivity contribution < 1.29 is 13.2 Å². The fraction of sp³-hybridized carbons (Fsp3) is 0.769. The number of thioether (sulfide) groups is 1. The first-order chi connectivity index (χ1) is 11.0. The summed E-state index contributed by atoms with van der Waals surface area (Å²) >= 11 is 2.82. The molecule has 0 aromatic carbocycles. The number of carbonyl (C=O) groups is 1. The SMILES string of the molecule is CCN(C(=O)CSc1nnc(NC2CC2)s1)[C@@H]1CCS(=O)(=O)C1. The molecule has 23 heavy (non-hydrogen) atoms. The number of rotatable bonds is 7. The fourth-order valence-electron chi connectivity index (χ4n) is 2.59. The van der Waals surface area contributed by atoms with Crippen molar-refractivity contribution in [2.75, 3.05) is 29.1 Å². The molecule has 2 fully saturated rings. The molecule has 10 heteroatoms. The summed E-state index contributed by atoms with van der Waals surface area (Å²) < 4.78 is 23.9. The lowest BCUT2D eigenvalue weighted by atomic mass is 10.2. The third kappa shape index (κ3) is 4.57. The van der Waals surface area contributed by atoms with E-state index >= 15 is 0 Å². The van der Waals surface area contributed by atoms with Crippen molar-refractivity contribution >= 4 is 44.0 Å². The minimum absolute atomic E-state index is 0.0356. The van der Waals surface area contributed by atoms with Crippen LogP contribution in [0.1, 0.15) is 26.2 Å². The predicted octanol–water partition coefficient (Wildman–Crippen LogP) is 1.24. The highest BCUT2D eigenvalue weighted by Crippen LogP contribution is 2.30. The molecular formula is C13H20N4O3S3. The highest BCUT2D eigenvalue weighted by Gasteiger charge is 2.33. The van der Waals surface area contributed by atoms with E-state index in [2.05, 4.69) is 15.5 Å². The van der Waals surface area contributed by atoms with Crippen LogP contribution in [0, 0.1) is 0 Å². The summed E-state index contributed by atoms with van der Waals surface area (Å²) in [6.45, 7) is 2.42. The van der Waals surface area contributed by atoms with Crippen molar-refractivity contribution in [3.8, 4) is 0 Å². The molecule has 1 aliphatic carbocycles. The molecule has 1 aliphatic heterocycles. The average molecular weight is 377 g/mol. The van der Waals surface area contributed by atoms with Gasteiger partial charge in [-0.1, -0.05) is 23.1 Å². The first kappa shape index (κ1) is 17.0. The van der Waals surface area contributed by atoms with Gasteiger partial charge >= 0.3 is 0 Å². The Morgan fingerprint density at radius 2 is 2.17 bits per heavy atom. The molecular weight excluding hydrogens is 356 g/mol. The van der Waals surface area contributed by atoms with Gasteiger partial charge in [0.15, 0.2) is 14.2 Å². The van der Waals surface area contributed by atoms with E-state index in [1.807, 2.05) is 6.92 Å². The lowest BCUT2D eigenvalue weighted by Crippen LogP contribution is -2.41. The zero-order valence-corrected chi connectivity index (χ0v) is 15.3. The van der Waals surface area contributed by atoms with Gasteiger partial charge in [0.25, 0.3) is 0 Å². The first-order valence-corrected chi connectivity index (χ1v) is 11.3. The second-order valence-corrected chi connectivity index (χ2v) is 10.2. The molecule has 1 saturated carbocycles. The van der Waals surface area contributed by atoms with Crippen LogP contribution in [0.2, 0.25) is 0 Å². The van der Waals surface area contributed by atoms with Crippen molar-refractivity contribution in [1.29, 1.82) is 0 Å². The van der Waals surface area contributed by atoms with E-state index in [-0.39, 0.29) is 29.2 Å². The second kappa shape index (κ2) is 6.94. The maximum absolute atomic E-state index is 12.4. The van der Waals surface area contributed by atoms with Crippen LogP contribution in [0.15, 0.2) is 4.34 Å². The Hall–Kier alpha value is -0.870. The molecule has 1 aromatic heterocycles. The second-order valence-electron chi connectivity index (χ2n) is 5.82. The van der Waals surface area contributed by atoms with Crippen molar-refractivity contribution in [2.45, 2.75) is 42.6 Å². The van der Waals surface area contributed by atoms with Gasteiger partial charge in [0.1, 0.15) is 0 Å². The summed E-state index contributed by atoms with van der Waals surface area (Å²) in [4.78, 5) is 14.1. The van der Waals surface area contributed by atoms with E-state index < -0.39 is 9.84 Å². The average Bonchev–Trinajstić information content (AvgIpc) is 3.07. The van der Waals surface area contributed by atoms with E-state index in [0.717, 1.165) is 9.47 Å². The van der Waals surface area contributed by atoms with Gasteiger partial charge in [0.05, 0.1) is 17.3 Å². The van der Waals surface area contributed by atoms with Crippen molar-refractivity contribution in [3.63, 3.8) is 0 Å². The predicted molar refractivity (Wildman–Crippen MR) is 91.7 cm³/mol. The number of nitrogens with one attached hydrogen (secondary N) is 1. The van der Waals surface area contributed by atoms with Crippen molar-refractivity contribution in [2.24, 2.45) is 0 Å². The summed E-state index contributed by atoms with van der Waals surface area (Å²) in [5.41, 5.74) is 0. The van der Waals surface area contributed by atoms with Crippen LogP contribution in [-0.4, -0.2) is 65.3 Å². The lowest BCUT2D eigenvalue weighted by molar-refractivity contribution is -0.129. The van der Waals surface area contributed by atoms with Crippen LogP contribution in [0.25, 0.3) is 0 Å². The summed E-state index contributed by atoms with van der Waals surface area (Å²) in [6, 6.07) is 0.349. The van der Waals surface area contributed by atoms with Gasteiger partial charge in [-0.3, -0.25) is 4.79 Å². The van der Waals surface area contributed by atoms with Crippen LogP contribution in [0.5, 0.6) is 0 Å². The minimum atomic E-state index is -2.98. The molecule has 3 rings (SSSR count). The molecule has 2 heterocycles. The van der Waals surface area contributed by atoms with E-state index in [1.54, 1.807) is 4.90 Å². The molecule has 0 unspecified atom stereocenters. The van der Waals surface area contributed by atoms with Gasteiger partial charge in [-0.2, -0.15) is 0 Å². The summed E-state index contributed by atoms with van der Waals surface area (Å²) in [7, 11) is -2.98. The van der Waals surface area contributed by atoms with Crippen molar-refractivity contribution in [1.82, 2.24) is 15.1 Å². The summed E-state index contributed by atoms with van der Waals surface area (Å²) in [6.07, 6.45) is 2.90. The van der Waals surface area contributed by atoms with Gasteiger partial charge < -0.3 is 10.2 Å². The number of amides is 1. The molecule has 2 aliphatic rings. The molecule has 1 saturated heterocycles. The zero-order chi connectivity index (χ0) is 16.4. The number of carbonyl (C=O) groups excluding carboxylic acids is 1. The monoisotopic (exact) mass is 376 g/mol. The third-order valence-electron chi connectivity index (χ3n) is 3.94. The molecule has 1 aromatic rings. The smallest absolute Gasteiger partial charge is 0.233 e. The number of anilines is 1. The molecule has 0 bridgehead atoms. The number of hydrogen-bond donors (Lipinski definition) is 1. The van der Waals surface area contributed by atoms with Crippen LogP contribution >= 0.6 is 23.1 Å². The van der Waals surface area contributed by atoms with Gasteiger partial charge in [0, 0.05) is 18.6 Å². The van der Waals surface area contributed by atoms with Crippen LogP contribution in [0.4, 0.5) is 5.13 Å². The Labute approximate surface area is 144 Å². The van der Waals surface area contributed by atoms with E-state index in [0.29, 0.717) is 19.0 Å². The first-order valence-electron chi connectivity index (χ1n) is 7.69. The molecule has 0 spiro atoms. The Morgan fingerprint density at radius 3 is 2.78 bits per heavy atom. The van der Waals surface area contributed by atoms with E-state index in [1.165, 1.54) is 35.9 Å². The van der Waals surface area contributed by atoms with Gasteiger partial charge in [-0.25, -0.2) is 8.42 Å². The maximum Gasteiger partial charge on any atom is 0.233 e. The quantitative estimate of drug-likeness (QED) is 0.716. The van der Waals surface area contributed by atoms with Gasteiger partial charge in [0.2, 0.25) is 11.0 Å². The Bertz CT molecular complexity index is 672. The Balaban J connectivity index is 1.51. The topological polar surface area (TPSA) is 92.3 Å². The number of sulfone groups is 1. The van der Waals surface area contributed by atoms with Crippen molar-refractivity contribution in [3.05, 3.63) is 0 Å². The molecule has 128 valence electrons. The summed E-state index contributed by atoms with van der Waals surface area (Å²) in [5, 5.41) is 12.2. The number of nitrogens with zero attached hydrogens (tertiary/aromatic N) is 3. The van der Waals surface area contributed by atoms with Crippen LogP contribution in [-0.2, 0) is 14.6 Å². The lowest BCUT2D eigenvalue weighted by Gasteiger charge is -2.26. The van der Waals surface area contributed by atoms with E-state index in [9.17, 15) is 13.2 Å². The molecule has 7 nitrogen and oxygen atoms in total. The maximum atomic E-state index is 12.4. The molecule has 1 atom stereocenters. The Kier molecular flexibility index (Phi) is 5.12. The number of hydrogen-bond acceptors (Lipinski definition) is 8. The highest BCUT2D eigenvalue weighted by molar-refractivity contribution is 8.01. The van der Waals surface area contributed by atoms with Crippen LogP contribution < -0.4 is 5.32 Å². The minimum Gasteiger partial charge on any atom is -0.357 e. The molecule has 1 amide bonds. The fourth-order valence-corrected chi connectivity index (χ4v) is 6.04. The van der Waals surface area contributed by atoms with Crippen LogP contribution in [0.3, 0.4) is 0 Å². The number of aromatic nitrogens is 2. The largest absolute Gasteiger partial charge is 0.357 e. The van der Waals surface area contributed by atoms with Gasteiger partial charge in [-0.15, -0.1) is 10.2 Å². The van der Waals surface area contributed by atoms with E-state index in [4.69, 9.17) is 0 Å². The highest BCUT2D eigenvalue weighted by atomic mass is 32.2. The standard InChI is InChI=1S/C13H20N4O3S3/c1-2-17(10-5-6-23(19,20)8-10)11(18)7-21-13-16-15-12(22-13)14-9-3-4-9/h9-10H,2-8H2,1H3,(H,14,15)/t10-/m1/s1. The Morgan fingerprint density at radius 1 is 1.39 bits per heavy atom. The zero-order valence-electron chi connectivity index (χ0n) is 12.9.